The molecule has 2 aromatic carbocycles. The molecule has 0 aromatic heterocycles. The number of nitrogens with zero attached hydrogens (tertiary/aromatic N) is 2. The van der Waals surface area contributed by atoms with Gasteiger partial charge in [-0.3, -0.25) is 14.4 Å². The average Bonchev–Trinajstić information content (AvgIpc) is 2.73. The van der Waals surface area contributed by atoms with Crippen LogP contribution in [-0.2, 0) is 14.4 Å². The van der Waals surface area contributed by atoms with Gasteiger partial charge >= 0.3 is 0 Å². The van der Waals surface area contributed by atoms with Crippen molar-refractivity contribution in [2.75, 3.05) is 25.5 Å². The molecule has 6 heteroatoms. The van der Waals surface area contributed by atoms with Crippen molar-refractivity contribution in [2.24, 2.45) is 0 Å². The number of nitrogens with one attached hydrogen (secondary N) is 1. The highest BCUT2D eigenvalue weighted by Crippen LogP contribution is 2.27. The smallest absolute Gasteiger partial charge is 0.250 e. The number of amides is 3. The fraction of sp³-hybridized carbons (Fsp3) is 0.375. The molecule has 3 amide bonds. The Morgan fingerprint density at radius 3 is 2.50 bits per heavy atom. The molecular formula is C24H29N3O3. The number of hydrogen-bond donors (Lipinski definition) is 1. The zero-order valence-corrected chi connectivity index (χ0v) is 17.9. The Hall–Kier alpha value is -3.15. The summed E-state index contributed by atoms with van der Waals surface area (Å²) < 4.78 is 0. The predicted octanol–water partition coefficient (Wildman–Crippen LogP) is 3.45. The van der Waals surface area contributed by atoms with E-state index in [2.05, 4.69) is 5.32 Å². The Bertz CT molecular complexity index is 927. The first kappa shape index (κ1) is 21.6. The first-order valence-electron chi connectivity index (χ1n) is 10.3. The minimum absolute atomic E-state index is 0.0170. The van der Waals surface area contributed by atoms with Crippen LogP contribution in [-0.4, -0.2) is 47.7 Å². The highest BCUT2D eigenvalue weighted by Gasteiger charge is 2.34. The van der Waals surface area contributed by atoms with Crippen molar-refractivity contribution in [1.29, 1.82) is 0 Å². The van der Waals surface area contributed by atoms with Crippen molar-refractivity contribution >= 4 is 23.4 Å². The SMILES string of the molecule is Cc1cccc(NC(=O)CN(C)C(=O)C(c2ccccc2)N2CCCCC2=O)c1C. The predicted molar refractivity (Wildman–Crippen MR) is 117 cm³/mol. The van der Waals surface area contributed by atoms with Gasteiger partial charge in [-0.05, 0) is 49.4 Å². The Kier molecular flexibility index (Phi) is 6.87. The molecule has 1 atom stereocenters. The van der Waals surface area contributed by atoms with Gasteiger partial charge in [-0.25, -0.2) is 0 Å². The molecule has 0 spiro atoms. The first-order valence-corrected chi connectivity index (χ1v) is 10.3. The quantitative estimate of drug-likeness (QED) is 0.797. The van der Waals surface area contributed by atoms with E-state index in [-0.39, 0.29) is 24.3 Å². The van der Waals surface area contributed by atoms with Gasteiger partial charge in [-0.15, -0.1) is 0 Å². The van der Waals surface area contributed by atoms with E-state index in [9.17, 15) is 14.4 Å². The van der Waals surface area contributed by atoms with E-state index in [1.807, 2.05) is 62.4 Å². The topological polar surface area (TPSA) is 69.7 Å². The molecule has 1 N–H and O–H groups in total. The lowest BCUT2D eigenvalue weighted by Gasteiger charge is -2.36. The van der Waals surface area contributed by atoms with Crippen LogP contribution in [0.4, 0.5) is 5.69 Å². The summed E-state index contributed by atoms with van der Waals surface area (Å²) >= 11 is 0. The monoisotopic (exact) mass is 407 g/mol. The third-order valence-electron chi connectivity index (χ3n) is 5.66. The van der Waals surface area contributed by atoms with E-state index in [1.165, 1.54) is 4.90 Å². The van der Waals surface area contributed by atoms with Crippen molar-refractivity contribution < 1.29 is 14.4 Å². The van der Waals surface area contributed by atoms with Gasteiger partial charge < -0.3 is 15.1 Å². The maximum Gasteiger partial charge on any atom is 0.250 e. The molecule has 1 aliphatic rings. The minimum Gasteiger partial charge on any atom is -0.334 e. The van der Waals surface area contributed by atoms with Crippen molar-refractivity contribution in [3.8, 4) is 0 Å². The lowest BCUT2D eigenvalue weighted by molar-refractivity contribution is -0.147. The largest absolute Gasteiger partial charge is 0.334 e. The molecule has 3 rings (SSSR count). The second-order valence-electron chi connectivity index (χ2n) is 7.85. The second-order valence-corrected chi connectivity index (χ2v) is 7.85. The molecular weight excluding hydrogens is 378 g/mol. The van der Waals surface area contributed by atoms with Gasteiger partial charge in [0, 0.05) is 25.7 Å². The van der Waals surface area contributed by atoms with Crippen LogP contribution in [0, 0.1) is 13.8 Å². The normalized spacial score (nSPS) is 14.9. The first-order chi connectivity index (χ1) is 14.4. The number of carbonyl (C=O) groups is 3. The Labute approximate surface area is 177 Å². The zero-order valence-electron chi connectivity index (χ0n) is 17.9. The number of carbonyl (C=O) groups excluding carboxylic acids is 3. The summed E-state index contributed by atoms with van der Waals surface area (Å²) in [6, 6.07) is 14.3. The van der Waals surface area contributed by atoms with E-state index >= 15 is 0 Å². The molecule has 158 valence electrons. The van der Waals surface area contributed by atoms with Gasteiger partial charge in [-0.2, -0.15) is 0 Å². The lowest BCUT2D eigenvalue weighted by atomic mass is 10.00. The van der Waals surface area contributed by atoms with Gasteiger partial charge in [0.15, 0.2) is 0 Å². The maximum absolute atomic E-state index is 13.3. The van der Waals surface area contributed by atoms with Crippen molar-refractivity contribution in [2.45, 2.75) is 39.2 Å². The molecule has 0 bridgehead atoms. The average molecular weight is 408 g/mol. The number of likely N-dealkylation sites (tertiary alicyclic amines) is 1. The van der Waals surface area contributed by atoms with Crippen LogP contribution in [0.3, 0.4) is 0 Å². The van der Waals surface area contributed by atoms with Crippen molar-refractivity contribution in [3.63, 3.8) is 0 Å². The van der Waals surface area contributed by atoms with Crippen LogP contribution < -0.4 is 5.32 Å². The molecule has 1 unspecified atom stereocenters. The van der Waals surface area contributed by atoms with Crippen molar-refractivity contribution in [1.82, 2.24) is 9.80 Å². The van der Waals surface area contributed by atoms with Crippen LogP contribution in [0.5, 0.6) is 0 Å². The molecule has 1 heterocycles. The molecule has 6 nitrogen and oxygen atoms in total. The number of anilines is 1. The number of piperidine rings is 1. The molecule has 0 radical (unpaired) electrons. The van der Waals surface area contributed by atoms with Gasteiger partial charge in [0.25, 0.3) is 0 Å². The van der Waals surface area contributed by atoms with Gasteiger partial charge in [0.05, 0.1) is 6.54 Å². The van der Waals surface area contributed by atoms with Crippen LogP contribution in [0.2, 0.25) is 0 Å². The summed E-state index contributed by atoms with van der Waals surface area (Å²) in [4.78, 5) is 41.6. The van der Waals surface area contributed by atoms with E-state index in [1.54, 1.807) is 11.9 Å². The van der Waals surface area contributed by atoms with Crippen LogP contribution in [0.25, 0.3) is 0 Å². The number of aryl methyl sites for hydroxylation is 1. The summed E-state index contributed by atoms with van der Waals surface area (Å²) in [5.41, 5.74) is 3.59. The van der Waals surface area contributed by atoms with Crippen LogP contribution >= 0.6 is 0 Å². The van der Waals surface area contributed by atoms with E-state index in [0.717, 1.165) is 35.2 Å². The molecule has 0 aliphatic carbocycles. The summed E-state index contributed by atoms with van der Waals surface area (Å²) in [6.45, 7) is 4.40. The third-order valence-corrected chi connectivity index (χ3v) is 5.66. The van der Waals surface area contributed by atoms with E-state index < -0.39 is 6.04 Å². The molecule has 0 saturated carbocycles. The maximum atomic E-state index is 13.3. The summed E-state index contributed by atoms with van der Waals surface area (Å²) in [6.07, 6.45) is 2.17. The molecule has 1 fully saturated rings. The Morgan fingerprint density at radius 1 is 1.07 bits per heavy atom. The van der Waals surface area contributed by atoms with Crippen molar-refractivity contribution in [3.05, 3.63) is 65.2 Å². The van der Waals surface area contributed by atoms with E-state index in [4.69, 9.17) is 0 Å². The molecule has 1 saturated heterocycles. The van der Waals surface area contributed by atoms with Crippen LogP contribution in [0.1, 0.15) is 42.0 Å². The van der Waals surface area contributed by atoms with Gasteiger partial charge in [0.2, 0.25) is 17.7 Å². The Balaban J connectivity index is 1.76. The number of likely N-dealkylation sites (N-methyl/N-ethyl adjacent to an activating group) is 1. The van der Waals surface area contributed by atoms with Gasteiger partial charge in [0.1, 0.15) is 6.04 Å². The summed E-state index contributed by atoms with van der Waals surface area (Å²) in [5, 5.41) is 2.89. The fourth-order valence-electron chi connectivity index (χ4n) is 3.77. The zero-order chi connectivity index (χ0) is 21.7. The third kappa shape index (κ3) is 4.87. The highest BCUT2D eigenvalue weighted by atomic mass is 16.2. The number of rotatable bonds is 6. The number of hydrogen-bond acceptors (Lipinski definition) is 3. The minimum atomic E-state index is -0.711. The van der Waals surface area contributed by atoms with Crippen LogP contribution in [0.15, 0.2) is 48.5 Å². The molecule has 2 aromatic rings. The number of benzene rings is 2. The Morgan fingerprint density at radius 2 is 1.80 bits per heavy atom. The molecule has 30 heavy (non-hydrogen) atoms. The van der Waals surface area contributed by atoms with E-state index in [0.29, 0.717) is 13.0 Å². The highest BCUT2D eigenvalue weighted by molar-refractivity contribution is 5.96. The molecule has 1 aliphatic heterocycles. The second kappa shape index (κ2) is 9.57. The summed E-state index contributed by atoms with van der Waals surface area (Å²) in [7, 11) is 1.61. The fourth-order valence-corrected chi connectivity index (χ4v) is 3.77. The van der Waals surface area contributed by atoms with Gasteiger partial charge in [-0.1, -0.05) is 42.5 Å². The lowest BCUT2D eigenvalue weighted by Crippen LogP contribution is -2.47. The standard InChI is InChI=1S/C24H29N3O3/c1-17-10-9-13-20(18(17)2)25-21(28)16-26(3)24(30)23(19-11-5-4-6-12-19)27-15-8-7-14-22(27)29/h4-6,9-13,23H,7-8,14-16H2,1-3H3,(H,25,28). The summed E-state index contributed by atoms with van der Waals surface area (Å²) in [5.74, 6) is -0.541.